The Kier molecular flexibility index (Phi) is 6.84. The molecule has 1 aromatic heterocycles. The second-order valence-electron chi connectivity index (χ2n) is 8.18. The molecule has 2 heterocycles. The van der Waals surface area contributed by atoms with Gasteiger partial charge in [-0.2, -0.15) is 4.99 Å². The number of aromatic nitrogens is 1. The van der Waals surface area contributed by atoms with E-state index in [1.807, 2.05) is 12.1 Å². The van der Waals surface area contributed by atoms with Gasteiger partial charge in [0.25, 0.3) is 15.9 Å². The van der Waals surface area contributed by atoms with E-state index in [0.717, 1.165) is 16.9 Å². The van der Waals surface area contributed by atoms with E-state index < -0.39 is 21.9 Å². The summed E-state index contributed by atoms with van der Waals surface area (Å²) >= 11 is 13.6. The van der Waals surface area contributed by atoms with Crippen LogP contribution in [0, 0.1) is 0 Å². The topological polar surface area (TPSA) is 98.0 Å². The number of para-hydroxylation sites is 1. The number of halogens is 2. The summed E-state index contributed by atoms with van der Waals surface area (Å²) in [7, 11) is -2.53. The minimum Gasteiger partial charge on any atom is -0.468 e. The number of hydrogen-bond acceptors (Lipinski definition) is 6. The molecule has 190 valence electrons. The van der Waals surface area contributed by atoms with Crippen molar-refractivity contribution in [2.75, 3.05) is 18.0 Å². The van der Waals surface area contributed by atoms with Gasteiger partial charge in [0, 0.05) is 17.1 Å². The van der Waals surface area contributed by atoms with Crippen LogP contribution in [0.4, 0.5) is 5.69 Å². The van der Waals surface area contributed by atoms with Crippen molar-refractivity contribution in [2.45, 2.75) is 17.9 Å². The molecule has 3 aromatic carbocycles. The normalized spacial score (nSPS) is 13.7. The van der Waals surface area contributed by atoms with Gasteiger partial charge in [0.2, 0.25) is 0 Å². The summed E-state index contributed by atoms with van der Waals surface area (Å²) in [6, 6.07) is 16.2. The SMILES string of the molecule is COC(=O)Cn1c(=NC(=O)c2ccc(S(=O)(=O)N3CCc4ccccc43)cc2)sc2cc(Cl)cc(Cl)c21. The van der Waals surface area contributed by atoms with Crippen molar-refractivity contribution >= 4 is 72.3 Å². The van der Waals surface area contributed by atoms with Gasteiger partial charge in [-0.15, -0.1) is 0 Å². The highest BCUT2D eigenvalue weighted by molar-refractivity contribution is 7.92. The average Bonchev–Trinajstić information content (AvgIpc) is 3.46. The summed E-state index contributed by atoms with van der Waals surface area (Å²) in [4.78, 5) is 29.5. The molecule has 4 aromatic rings. The summed E-state index contributed by atoms with van der Waals surface area (Å²) in [6.45, 7) is 0.148. The lowest BCUT2D eigenvalue weighted by atomic mass is 10.2. The Morgan fingerprint density at radius 2 is 1.81 bits per heavy atom. The summed E-state index contributed by atoms with van der Waals surface area (Å²) in [5.41, 5.74) is 2.32. The number of rotatable bonds is 5. The molecular weight excluding hydrogens is 557 g/mol. The van der Waals surface area contributed by atoms with Crippen LogP contribution in [0.1, 0.15) is 15.9 Å². The van der Waals surface area contributed by atoms with Crippen LogP contribution in [0.15, 0.2) is 70.6 Å². The number of ether oxygens (including phenoxy) is 1. The molecule has 0 unspecified atom stereocenters. The summed E-state index contributed by atoms with van der Waals surface area (Å²) in [6.07, 6.45) is 0.640. The molecule has 0 aliphatic carbocycles. The van der Waals surface area contributed by atoms with Gasteiger partial charge in [-0.05, 0) is 54.4 Å². The zero-order chi connectivity index (χ0) is 26.3. The molecule has 0 N–H and O–H groups in total. The van der Waals surface area contributed by atoms with E-state index in [2.05, 4.69) is 4.99 Å². The largest absolute Gasteiger partial charge is 0.468 e. The first-order chi connectivity index (χ1) is 17.7. The lowest BCUT2D eigenvalue weighted by Gasteiger charge is -2.19. The van der Waals surface area contributed by atoms with Crippen molar-refractivity contribution in [2.24, 2.45) is 4.99 Å². The third-order valence-corrected chi connectivity index (χ3v) is 9.30. The minimum atomic E-state index is -3.79. The Labute approximate surface area is 226 Å². The standard InChI is InChI=1S/C25H19Cl2N3O5S2/c1-35-22(31)14-29-23-19(27)12-17(26)13-21(23)36-25(29)28-24(32)16-6-8-18(9-7-16)37(33,34)30-11-10-15-4-2-3-5-20(15)30/h2-9,12-13H,10-11,14H2,1H3. The molecule has 0 atom stereocenters. The highest BCUT2D eigenvalue weighted by atomic mass is 35.5. The number of benzene rings is 3. The molecule has 8 nitrogen and oxygen atoms in total. The van der Waals surface area contributed by atoms with Gasteiger partial charge in [0.05, 0.1) is 32.9 Å². The zero-order valence-corrected chi connectivity index (χ0v) is 22.5. The Morgan fingerprint density at radius 3 is 2.54 bits per heavy atom. The van der Waals surface area contributed by atoms with Crippen molar-refractivity contribution in [1.82, 2.24) is 4.57 Å². The number of hydrogen-bond donors (Lipinski definition) is 0. The van der Waals surface area contributed by atoms with Gasteiger partial charge >= 0.3 is 5.97 Å². The maximum atomic E-state index is 13.3. The predicted octanol–water partition coefficient (Wildman–Crippen LogP) is 4.68. The van der Waals surface area contributed by atoms with Crippen molar-refractivity contribution in [3.8, 4) is 0 Å². The van der Waals surface area contributed by atoms with E-state index in [1.54, 1.807) is 18.2 Å². The first-order valence-corrected chi connectivity index (χ1v) is 14.1. The van der Waals surface area contributed by atoms with Crippen LogP contribution in [0.25, 0.3) is 10.2 Å². The van der Waals surface area contributed by atoms with Crippen LogP contribution >= 0.6 is 34.5 Å². The fourth-order valence-electron chi connectivity index (χ4n) is 4.16. The van der Waals surface area contributed by atoms with Crippen LogP contribution in [-0.4, -0.2) is 38.5 Å². The number of carbonyl (C=O) groups excluding carboxylic acids is 2. The van der Waals surface area contributed by atoms with Gasteiger partial charge in [-0.25, -0.2) is 8.42 Å². The molecule has 1 amide bonds. The van der Waals surface area contributed by atoms with E-state index in [1.165, 1.54) is 46.3 Å². The molecule has 0 radical (unpaired) electrons. The molecule has 12 heteroatoms. The third-order valence-electron chi connectivity index (χ3n) is 5.94. The molecule has 0 bridgehead atoms. The number of carbonyl (C=O) groups is 2. The van der Waals surface area contributed by atoms with Gasteiger partial charge in [-0.1, -0.05) is 52.7 Å². The Morgan fingerprint density at radius 1 is 1.08 bits per heavy atom. The second-order valence-corrected chi connectivity index (χ2v) is 11.9. The Balaban J connectivity index is 1.49. The van der Waals surface area contributed by atoms with Crippen LogP contribution in [0.3, 0.4) is 0 Å². The number of anilines is 1. The molecule has 0 spiro atoms. The second kappa shape index (κ2) is 9.94. The van der Waals surface area contributed by atoms with E-state index in [0.29, 0.717) is 38.9 Å². The summed E-state index contributed by atoms with van der Waals surface area (Å²) in [5.74, 6) is -1.15. The molecule has 37 heavy (non-hydrogen) atoms. The number of methoxy groups -OCH3 is 1. The summed E-state index contributed by atoms with van der Waals surface area (Å²) in [5, 5.41) is 0.703. The molecule has 1 aliphatic rings. The quantitative estimate of drug-likeness (QED) is 0.322. The first-order valence-electron chi connectivity index (χ1n) is 11.0. The highest BCUT2D eigenvalue weighted by Crippen LogP contribution is 2.33. The van der Waals surface area contributed by atoms with E-state index in [-0.39, 0.29) is 21.8 Å². The van der Waals surface area contributed by atoms with Crippen molar-refractivity contribution in [1.29, 1.82) is 0 Å². The number of fused-ring (bicyclic) bond motifs is 2. The smallest absolute Gasteiger partial charge is 0.325 e. The number of nitrogens with zero attached hydrogens (tertiary/aromatic N) is 3. The Hall–Kier alpha value is -3.18. The molecule has 1 aliphatic heterocycles. The number of thiazole rings is 1. The van der Waals surface area contributed by atoms with E-state index in [9.17, 15) is 18.0 Å². The minimum absolute atomic E-state index is 0.0739. The summed E-state index contributed by atoms with van der Waals surface area (Å²) < 4.78 is 34.8. The fraction of sp³-hybridized carbons (Fsp3) is 0.160. The zero-order valence-electron chi connectivity index (χ0n) is 19.4. The van der Waals surface area contributed by atoms with Crippen LogP contribution in [0.2, 0.25) is 10.0 Å². The van der Waals surface area contributed by atoms with Gasteiger partial charge in [-0.3, -0.25) is 13.9 Å². The average molecular weight is 576 g/mol. The maximum absolute atomic E-state index is 13.3. The third kappa shape index (κ3) is 4.77. The number of esters is 1. The van der Waals surface area contributed by atoms with Gasteiger partial charge in [0.1, 0.15) is 6.54 Å². The molecular formula is C25H19Cl2N3O5S2. The molecule has 0 saturated heterocycles. The fourth-order valence-corrected chi connectivity index (χ4v) is 7.47. The van der Waals surface area contributed by atoms with Crippen molar-refractivity contribution < 1.29 is 22.7 Å². The van der Waals surface area contributed by atoms with Crippen LogP contribution < -0.4 is 9.11 Å². The van der Waals surface area contributed by atoms with Crippen molar-refractivity contribution in [3.05, 3.63) is 86.6 Å². The lowest BCUT2D eigenvalue weighted by molar-refractivity contribution is -0.141. The predicted molar refractivity (Wildman–Crippen MR) is 143 cm³/mol. The molecule has 5 rings (SSSR count). The van der Waals surface area contributed by atoms with E-state index >= 15 is 0 Å². The number of amides is 1. The first kappa shape index (κ1) is 25.5. The van der Waals surface area contributed by atoms with Crippen LogP contribution in [0.5, 0.6) is 0 Å². The monoisotopic (exact) mass is 575 g/mol. The Bertz CT molecular complexity index is 1730. The van der Waals surface area contributed by atoms with Gasteiger partial charge in [0.15, 0.2) is 4.80 Å². The van der Waals surface area contributed by atoms with Crippen molar-refractivity contribution in [3.63, 3.8) is 0 Å². The maximum Gasteiger partial charge on any atom is 0.325 e. The van der Waals surface area contributed by atoms with Gasteiger partial charge < -0.3 is 9.30 Å². The lowest BCUT2D eigenvalue weighted by Crippen LogP contribution is -2.29. The van der Waals surface area contributed by atoms with Crippen LogP contribution in [-0.2, 0) is 32.5 Å². The molecule has 0 fully saturated rings. The van der Waals surface area contributed by atoms with E-state index in [4.69, 9.17) is 27.9 Å². The molecule has 0 saturated carbocycles. The number of sulfonamides is 1. The highest BCUT2D eigenvalue weighted by Gasteiger charge is 2.30.